The number of amides is 14. The second-order valence-electron chi connectivity index (χ2n) is 32.1. The SMILES string of the molecule is CC[C@H](C)[C@H](NC(=O)[C@H](CC(=O)O)NC(=O)[C@H](CC(C)C)NC(=O)[C@H](Cc1c[nH]cn1)NC(=O)[C@H](CSCNC(C)=O)NC(=O)[C@H](Cc1ccccc1)NC(=O)[C@H](Cc1ccc(O)cc1)NC(=O)[C@@H](NC(=O)[C@H](CSCNC(C)=O)NC(=O)[C@H](CCC(=O)O)NC(=O)[C@@H](N)CCCCN)C(C)C)C(=O)N[C@H](C(=O)N[C@@H](Cc1cn(C=O)c2ccccc12)C(=O)O)[C@@H](C)CC. The van der Waals surface area contributed by atoms with Crippen molar-refractivity contribution in [1.29, 1.82) is 0 Å². The third kappa shape index (κ3) is 36.6. The standard InChI is InChI=1S/C86H123N19O22S2/c1-11-48(7)72(84(124)99-65(86(126)127)35-54-39-105(45-106)68-24-17-16-22-57(54)68)104-85(125)73(49(8)12-2)103-80(120)64(37-70(112)113)97-76(116)60(32-46(3)4)94-79(119)63(36-55-38-89-42-90-55)96-81(121)66(40-128-43-91-50(9)107)101-78(118)61(33-52-20-14-13-15-21-52)95-77(117)62(34-53-25-27-56(109)28-26-53)98-83(123)71(47(5)6)102-82(122)67(41-129-44-92-51(10)108)100-75(115)59(29-30-69(110)111)93-74(114)58(88)23-18-19-31-87/h13-17,20-22,24-28,38-39,42,45-49,58-67,71-73,109H,11-12,18-19,23,29-37,40-41,43-44,87-88H2,1-10H3,(H,89,90)(H,91,107)(H,92,108)(H,93,114)(H,94,119)(H,95,117)(H,96,121)(H,97,116)(H,98,123)(H,99,124)(H,100,115)(H,101,118)(H,102,122)(H,103,120)(H,104,125)(H,110,111)(H,112,113)(H,126,127)/t48-,49-,58-,59-,60-,61-,62-,63-,64-,65-,66-,67-,71-,72-,73-/m0/s1. The van der Waals surface area contributed by atoms with E-state index in [-0.39, 0.29) is 79.6 Å². The Morgan fingerprint density at radius 1 is 0.481 bits per heavy atom. The van der Waals surface area contributed by atoms with Gasteiger partial charge in [0.25, 0.3) is 0 Å². The van der Waals surface area contributed by atoms with Crippen molar-refractivity contribution in [3.63, 3.8) is 0 Å². The van der Waals surface area contributed by atoms with Crippen LogP contribution in [0, 0.1) is 23.7 Å². The van der Waals surface area contributed by atoms with Crippen LogP contribution in [0.1, 0.15) is 149 Å². The van der Waals surface area contributed by atoms with Crippen molar-refractivity contribution in [2.75, 3.05) is 29.8 Å². The molecule has 5 rings (SSSR count). The monoisotopic (exact) mass is 1840 g/mol. The molecule has 0 unspecified atom stereocenters. The van der Waals surface area contributed by atoms with Gasteiger partial charge >= 0.3 is 17.9 Å². The van der Waals surface area contributed by atoms with Gasteiger partial charge < -0.3 is 111 Å². The number of phenols is 1. The van der Waals surface area contributed by atoms with Crippen LogP contribution in [-0.2, 0) is 112 Å². The molecule has 129 heavy (non-hydrogen) atoms. The van der Waals surface area contributed by atoms with Gasteiger partial charge in [-0.05, 0) is 90.8 Å². The summed E-state index contributed by atoms with van der Waals surface area (Å²) in [5.74, 6) is -20.8. The summed E-state index contributed by atoms with van der Waals surface area (Å²) in [6, 6.07) is 0.0524. The molecule has 706 valence electrons. The average Bonchev–Trinajstić information content (AvgIpc) is 1.65. The van der Waals surface area contributed by atoms with E-state index in [1.54, 1.807) is 110 Å². The number of carbonyl (C=O) groups excluding carboxylic acids is 15. The van der Waals surface area contributed by atoms with Gasteiger partial charge in [-0.25, -0.2) is 9.78 Å². The molecule has 0 spiro atoms. The van der Waals surface area contributed by atoms with Crippen LogP contribution in [0.15, 0.2) is 97.6 Å². The van der Waals surface area contributed by atoms with Crippen molar-refractivity contribution < 1.29 is 107 Å². The van der Waals surface area contributed by atoms with E-state index in [0.717, 1.165) is 23.5 Å². The summed E-state index contributed by atoms with van der Waals surface area (Å²) in [5, 5.41) is 77.4. The number of nitrogens with zero attached hydrogens (tertiary/aromatic N) is 2. The maximum Gasteiger partial charge on any atom is 0.326 e. The molecule has 0 bridgehead atoms. The third-order valence-corrected chi connectivity index (χ3v) is 22.8. The molecule has 0 aliphatic carbocycles. The number of nitrogens with one attached hydrogen (secondary N) is 15. The van der Waals surface area contributed by atoms with E-state index in [1.165, 1.54) is 61.4 Å². The van der Waals surface area contributed by atoms with Gasteiger partial charge in [0.15, 0.2) is 0 Å². The smallest absolute Gasteiger partial charge is 0.326 e. The molecule has 15 atom stereocenters. The number of unbranched alkanes of at least 4 members (excludes halogenated alkanes) is 1. The second-order valence-corrected chi connectivity index (χ2v) is 34.2. The highest BCUT2D eigenvalue weighted by Gasteiger charge is 2.41. The number of aliphatic carboxylic acids is 3. The zero-order valence-corrected chi connectivity index (χ0v) is 75.5. The number of thioether (sulfide) groups is 2. The maximum absolute atomic E-state index is 15.3. The lowest BCUT2D eigenvalue weighted by Gasteiger charge is -2.31. The fourth-order valence-electron chi connectivity index (χ4n) is 13.3. The maximum atomic E-state index is 15.3. The van der Waals surface area contributed by atoms with E-state index < -0.39 is 229 Å². The minimum atomic E-state index is -1.96. The molecular weight excluding hydrogens is 1720 g/mol. The first-order valence-electron chi connectivity index (χ1n) is 42.4. The second kappa shape index (κ2) is 54.6. The highest BCUT2D eigenvalue weighted by atomic mass is 32.2. The molecule has 3 aromatic carbocycles. The Balaban J connectivity index is 1.45. The number of carboxylic acids is 3. The normalized spacial score (nSPS) is 14.7. The summed E-state index contributed by atoms with van der Waals surface area (Å²) >= 11 is 1.92. The largest absolute Gasteiger partial charge is 0.508 e. The average molecular weight is 1840 g/mol. The van der Waals surface area contributed by atoms with Crippen molar-refractivity contribution in [3.05, 3.63) is 120 Å². The fourth-order valence-corrected chi connectivity index (χ4v) is 15.1. The number of hydrogen-bond donors (Lipinski definition) is 21. The van der Waals surface area contributed by atoms with Gasteiger partial charge in [0, 0.05) is 75.2 Å². The zero-order chi connectivity index (χ0) is 95.7. The van der Waals surface area contributed by atoms with Crippen molar-refractivity contribution >= 4 is 141 Å². The predicted molar refractivity (Wildman–Crippen MR) is 478 cm³/mol. The molecule has 0 aliphatic rings. The number of carbonyl (C=O) groups is 18. The van der Waals surface area contributed by atoms with Crippen molar-refractivity contribution in [3.8, 4) is 5.75 Å². The molecule has 23 N–H and O–H groups in total. The van der Waals surface area contributed by atoms with Crippen LogP contribution in [-0.4, -0.2) is 250 Å². The van der Waals surface area contributed by atoms with E-state index >= 15 is 19.2 Å². The highest BCUT2D eigenvalue weighted by Crippen LogP contribution is 2.24. The number of H-pyrrole nitrogens is 1. The summed E-state index contributed by atoms with van der Waals surface area (Å²) in [6.07, 6.45) is 2.71. The van der Waals surface area contributed by atoms with Crippen LogP contribution in [0.25, 0.3) is 10.9 Å². The number of phenolic OH excluding ortho intramolecular Hbond substituents is 1. The molecule has 2 heterocycles. The van der Waals surface area contributed by atoms with E-state index in [2.05, 4.69) is 84.4 Å². The summed E-state index contributed by atoms with van der Waals surface area (Å²) in [5.41, 5.74) is 13.6. The number of imidazole rings is 1. The van der Waals surface area contributed by atoms with E-state index in [4.69, 9.17) is 11.5 Å². The van der Waals surface area contributed by atoms with E-state index in [1.807, 2.05) is 0 Å². The number of benzene rings is 3. The van der Waals surface area contributed by atoms with Crippen LogP contribution in [0.2, 0.25) is 0 Å². The zero-order valence-electron chi connectivity index (χ0n) is 73.9. The number of aromatic nitrogens is 3. The molecule has 41 nitrogen and oxygen atoms in total. The number of aromatic amines is 1. The number of hydrogen-bond acceptors (Lipinski definition) is 24. The van der Waals surface area contributed by atoms with Crippen molar-refractivity contribution in [2.24, 2.45) is 35.1 Å². The Bertz CT molecular complexity index is 4640. The number of rotatable bonds is 58. The number of para-hydroxylation sites is 1. The molecule has 14 amide bonds. The lowest BCUT2D eigenvalue weighted by Crippen LogP contribution is -2.62. The minimum absolute atomic E-state index is 0.0686. The van der Waals surface area contributed by atoms with Gasteiger partial charge in [-0.2, -0.15) is 0 Å². The van der Waals surface area contributed by atoms with Crippen molar-refractivity contribution in [1.82, 2.24) is 89.0 Å². The molecule has 0 saturated carbocycles. The van der Waals surface area contributed by atoms with E-state index in [0.29, 0.717) is 53.4 Å². The summed E-state index contributed by atoms with van der Waals surface area (Å²) < 4.78 is 1.27. The molecule has 0 radical (unpaired) electrons. The quantitative estimate of drug-likeness (QED) is 0.0133. The number of nitrogens with two attached hydrogens (primary N) is 2. The highest BCUT2D eigenvalue weighted by molar-refractivity contribution is 7.99. The summed E-state index contributed by atoms with van der Waals surface area (Å²) in [4.78, 5) is 256. The third-order valence-electron chi connectivity index (χ3n) is 21.0. The Hall–Kier alpha value is -12.5. The molecule has 2 aromatic heterocycles. The van der Waals surface area contributed by atoms with Crippen LogP contribution in [0.5, 0.6) is 5.75 Å². The lowest BCUT2D eigenvalue weighted by atomic mass is 9.94. The van der Waals surface area contributed by atoms with Gasteiger partial charge in [0.2, 0.25) is 89.1 Å². The minimum Gasteiger partial charge on any atom is -0.508 e. The Kier molecular flexibility index (Phi) is 45.3. The number of aromatic hydroxyl groups is 1. The first-order valence-corrected chi connectivity index (χ1v) is 44.7. The van der Waals surface area contributed by atoms with Crippen LogP contribution in [0.4, 0.5) is 0 Å². The lowest BCUT2D eigenvalue weighted by molar-refractivity contribution is -0.143. The summed E-state index contributed by atoms with van der Waals surface area (Å²) in [6.45, 7) is 15.9. The van der Waals surface area contributed by atoms with Gasteiger partial charge in [-0.15, -0.1) is 23.5 Å². The fraction of sp³-hybridized carbons (Fsp3) is 0.523. The van der Waals surface area contributed by atoms with Crippen molar-refractivity contribution in [2.45, 2.75) is 231 Å². The molecule has 43 heteroatoms. The van der Waals surface area contributed by atoms with Gasteiger partial charge in [-0.3, -0.25) is 86.1 Å². The van der Waals surface area contributed by atoms with Gasteiger partial charge in [0.1, 0.15) is 78.3 Å². The van der Waals surface area contributed by atoms with Gasteiger partial charge in [0.05, 0.1) is 41.8 Å². The van der Waals surface area contributed by atoms with Gasteiger partial charge in [-0.1, -0.05) is 135 Å². The molecule has 0 saturated heterocycles. The first-order chi connectivity index (χ1) is 61.2. The predicted octanol–water partition coefficient (Wildman–Crippen LogP) is -0.475. The van der Waals surface area contributed by atoms with Crippen LogP contribution in [0.3, 0.4) is 0 Å². The summed E-state index contributed by atoms with van der Waals surface area (Å²) in [7, 11) is 0. The van der Waals surface area contributed by atoms with E-state index in [9.17, 15) is 87.5 Å². The number of carboxylic acid groups (broad SMARTS) is 3. The van der Waals surface area contributed by atoms with Crippen LogP contribution < -0.4 is 85.9 Å². The molecule has 5 aromatic rings. The molecule has 0 fully saturated rings. The first kappa shape index (κ1) is 107. The topological polar surface area (TPSA) is 642 Å². The van der Waals surface area contributed by atoms with Crippen LogP contribution >= 0.6 is 23.5 Å². The Morgan fingerprint density at radius 2 is 0.922 bits per heavy atom. The number of fused-ring (bicyclic) bond motifs is 1. The Labute approximate surface area is 755 Å². The molecular formula is C86H123N19O22S2. The Morgan fingerprint density at radius 3 is 1.43 bits per heavy atom. The molecule has 0 aliphatic heterocycles.